The van der Waals surface area contributed by atoms with Gasteiger partial charge >= 0.3 is 0 Å². The Morgan fingerprint density at radius 1 is 0.571 bits per heavy atom. The molecule has 0 aromatic heterocycles. The summed E-state index contributed by atoms with van der Waals surface area (Å²) in [6, 6.07) is -0.156. The van der Waals surface area contributed by atoms with Gasteiger partial charge in [-0.1, -0.05) is 87.5 Å². The third-order valence-corrected chi connectivity index (χ3v) is 7.79. The zero-order valence-corrected chi connectivity index (χ0v) is 28.6. The molecule has 0 fully saturated rings. The van der Waals surface area contributed by atoms with E-state index in [0.29, 0.717) is 50.1 Å². The van der Waals surface area contributed by atoms with Crippen molar-refractivity contribution in [3.8, 4) is 0 Å². The highest BCUT2D eigenvalue weighted by Gasteiger charge is 2.28. The fourth-order valence-electron chi connectivity index (χ4n) is 5.15. The number of nitrogens with one attached hydrogen (secondary N) is 3. The molecule has 7 heteroatoms. The SMILES string of the molecule is CC(C)CCCCC(=O)NCCCCC(NC(=O)CCCCC(C)C)C(=O)CC(CCCCNC(C)C)C(=O)C(C)C. The first-order chi connectivity index (χ1) is 19.8. The van der Waals surface area contributed by atoms with Crippen LogP contribution in [0.3, 0.4) is 0 Å². The molecule has 2 unspecified atom stereocenters. The smallest absolute Gasteiger partial charge is 0.220 e. The zero-order valence-electron chi connectivity index (χ0n) is 28.6. The van der Waals surface area contributed by atoms with Gasteiger partial charge in [0.25, 0.3) is 0 Å². The van der Waals surface area contributed by atoms with E-state index >= 15 is 0 Å². The van der Waals surface area contributed by atoms with Gasteiger partial charge in [-0.25, -0.2) is 0 Å². The molecule has 0 aliphatic carbocycles. The molecular formula is C35H67N3O4. The molecule has 246 valence electrons. The Hall–Kier alpha value is -1.76. The van der Waals surface area contributed by atoms with Crippen LogP contribution in [0.4, 0.5) is 0 Å². The molecule has 0 aromatic carbocycles. The van der Waals surface area contributed by atoms with Crippen molar-refractivity contribution in [2.45, 2.75) is 164 Å². The van der Waals surface area contributed by atoms with E-state index < -0.39 is 6.04 Å². The predicted octanol–water partition coefficient (Wildman–Crippen LogP) is 7.16. The Kier molecular flexibility index (Phi) is 23.6. The van der Waals surface area contributed by atoms with Crippen LogP contribution in [0.25, 0.3) is 0 Å². The average Bonchev–Trinajstić information content (AvgIpc) is 2.90. The van der Waals surface area contributed by atoms with Crippen molar-refractivity contribution >= 4 is 23.4 Å². The minimum atomic E-state index is -0.584. The van der Waals surface area contributed by atoms with Crippen molar-refractivity contribution < 1.29 is 19.2 Å². The van der Waals surface area contributed by atoms with E-state index in [9.17, 15) is 19.2 Å². The summed E-state index contributed by atoms with van der Waals surface area (Å²) in [7, 11) is 0. The maximum absolute atomic E-state index is 13.5. The fourth-order valence-corrected chi connectivity index (χ4v) is 5.15. The van der Waals surface area contributed by atoms with Crippen LogP contribution in [0.1, 0.15) is 152 Å². The molecule has 42 heavy (non-hydrogen) atoms. The molecule has 0 aliphatic heterocycles. The van der Waals surface area contributed by atoms with Gasteiger partial charge in [0, 0.05) is 43.7 Å². The largest absolute Gasteiger partial charge is 0.356 e. The van der Waals surface area contributed by atoms with Crippen LogP contribution in [0.15, 0.2) is 0 Å². The van der Waals surface area contributed by atoms with Gasteiger partial charge in [-0.3, -0.25) is 19.2 Å². The number of rotatable bonds is 27. The van der Waals surface area contributed by atoms with Crippen LogP contribution in [0.2, 0.25) is 0 Å². The van der Waals surface area contributed by atoms with E-state index in [1.807, 2.05) is 13.8 Å². The van der Waals surface area contributed by atoms with Gasteiger partial charge in [0.05, 0.1) is 6.04 Å². The summed E-state index contributed by atoms with van der Waals surface area (Å²) in [5.74, 6) is 0.929. The summed E-state index contributed by atoms with van der Waals surface area (Å²) >= 11 is 0. The lowest BCUT2D eigenvalue weighted by atomic mass is 9.85. The standard InChI is InChI=1S/C35H67N3O4/c1-26(2)17-9-11-21-33(40)37-24-16-14-20-31(38-34(41)22-12-10-18-27(3)4)32(39)25-30(35(42)28(5)6)19-13-15-23-36-29(7)8/h26-31,36H,9-25H2,1-8H3,(H,37,40)(H,38,41). The van der Waals surface area contributed by atoms with Gasteiger partial charge in [0.1, 0.15) is 5.78 Å². The topological polar surface area (TPSA) is 104 Å². The first-order valence-electron chi connectivity index (χ1n) is 17.2. The minimum absolute atomic E-state index is 0.0426. The average molecular weight is 594 g/mol. The lowest BCUT2D eigenvalue weighted by Gasteiger charge is -2.22. The summed E-state index contributed by atoms with van der Waals surface area (Å²) in [6.45, 7) is 18.3. The van der Waals surface area contributed by atoms with Crippen molar-refractivity contribution in [1.82, 2.24) is 16.0 Å². The zero-order chi connectivity index (χ0) is 31.9. The molecular weight excluding hydrogens is 526 g/mol. The number of hydrogen-bond donors (Lipinski definition) is 3. The number of unbranched alkanes of at least 4 members (excludes halogenated alkanes) is 4. The molecule has 0 spiro atoms. The molecule has 0 saturated heterocycles. The molecule has 0 heterocycles. The van der Waals surface area contributed by atoms with E-state index in [2.05, 4.69) is 57.5 Å². The fraction of sp³-hybridized carbons (Fsp3) is 0.886. The number of Topliss-reactive ketones (excluding diaryl/α,β-unsaturated/α-hetero) is 2. The van der Waals surface area contributed by atoms with Gasteiger partial charge in [0.15, 0.2) is 5.78 Å². The van der Waals surface area contributed by atoms with Crippen molar-refractivity contribution in [2.75, 3.05) is 13.1 Å². The van der Waals surface area contributed by atoms with Crippen LogP contribution in [-0.4, -0.2) is 48.6 Å². The Bertz CT molecular complexity index is 749. The summed E-state index contributed by atoms with van der Waals surface area (Å²) in [5.41, 5.74) is 0. The Balaban J connectivity index is 5.02. The maximum atomic E-state index is 13.5. The lowest BCUT2D eigenvalue weighted by Crippen LogP contribution is -2.42. The highest BCUT2D eigenvalue weighted by molar-refractivity contribution is 5.93. The highest BCUT2D eigenvalue weighted by atomic mass is 16.2. The highest BCUT2D eigenvalue weighted by Crippen LogP contribution is 2.21. The van der Waals surface area contributed by atoms with Crippen LogP contribution in [0.5, 0.6) is 0 Å². The van der Waals surface area contributed by atoms with E-state index in [0.717, 1.165) is 70.8 Å². The number of carbonyl (C=O) groups excluding carboxylic acids is 4. The Labute approximate surface area is 258 Å². The van der Waals surface area contributed by atoms with Crippen LogP contribution < -0.4 is 16.0 Å². The maximum Gasteiger partial charge on any atom is 0.220 e. The Morgan fingerprint density at radius 3 is 1.64 bits per heavy atom. The van der Waals surface area contributed by atoms with Crippen molar-refractivity contribution in [3.63, 3.8) is 0 Å². The summed E-state index contributed by atoms with van der Waals surface area (Å²) in [4.78, 5) is 51.5. The third kappa shape index (κ3) is 22.8. The van der Waals surface area contributed by atoms with Crippen LogP contribution in [0, 0.1) is 23.7 Å². The van der Waals surface area contributed by atoms with Crippen LogP contribution in [-0.2, 0) is 19.2 Å². The third-order valence-electron chi connectivity index (χ3n) is 7.79. The molecule has 0 radical (unpaired) electrons. The van der Waals surface area contributed by atoms with Gasteiger partial charge < -0.3 is 16.0 Å². The second-order valence-electron chi connectivity index (χ2n) is 13.8. The van der Waals surface area contributed by atoms with Gasteiger partial charge in [-0.05, 0) is 63.3 Å². The van der Waals surface area contributed by atoms with Crippen molar-refractivity contribution in [3.05, 3.63) is 0 Å². The lowest BCUT2D eigenvalue weighted by molar-refractivity contribution is -0.132. The molecule has 0 rings (SSSR count). The van der Waals surface area contributed by atoms with Gasteiger partial charge in [-0.15, -0.1) is 0 Å². The molecule has 2 atom stereocenters. The first kappa shape index (κ1) is 40.2. The summed E-state index contributed by atoms with van der Waals surface area (Å²) < 4.78 is 0. The predicted molar refractivity (Wildman–Crippen MR) is 175 cm³/mol. The molecule has 7 nitrogen and oxygen atoms in total. The number of ketones is 2. The molecule has 2 amide bonds. The molecule has 0 aromatic rings. The molecule has 3 N–H and O–H groups in total. The second kappa shape index (κ2) is 24.7. The van der Waals surface area contributed by atoms with Crippen molar-refractivity contribution in [2.24, 2.45) is 23.7 Å². The second-order valence-corrected chi connectivity index (χ2v) is 13.8. The normalized spacial score (nSPS) is 13.1. The number of hydrogen-bond acceptors (Lipinski definition) is 5. The van der Waals surface area contributed by atoms with Gasteiger partial charge in [-0.2, -0.15) is 0 Å². The van der Waals surface area contributed by atoms with Crippen LogP contribution >= 0.6 is 0 Å². The van der Waals surface area contributed by atoms with Crippen molar-refractivity contribution in [1.29, 1.82) is 0 Å². The Morgan fingerprint density at radius 2 is 1.10 bits per heavy atom. The minimum Gasteiger partial charge on any atom is -0.356 e. The first-order valence-corrected chi connectivity index (χ1v) is 17.2. The molecule has 0 saturated carbocycles. The van der Waals surface area contributed by atoms with E-state index in [1.165, 1.54) is 0 Å². The number of carbonyl (C=O) groups is 4. The molecule has 0 bridgehead atoms. The van der Waals surface area contributed by atoms with E-state index in [4.69, 9.17) is 0 Å². The monoisotopic (exact) mass is 594 g/mol. The van der Waals surface area contributed by atoms with E-state index in [-0.39, 0.29) is 41.6 Å². The van der Waals surface area contributed by atoms with E-state index in [1.54, 1.807) is 0 Å². The number of amides is 2. The van der Waals surface area contributed by atoms with Gasteiger partial charge in [0.2, 0.25) is 11.8 Å². The molecule has 0 aliphatic rings. The quantitative estimate of drug-likeness (QED) is 0.0877. The summed E-state index contributed by atoms with van der Waals surface area (Å²) in [6.07, 6.45) is 11.7. The summed E-state index contributed by atoms with van der Waals surface area (Å²) in [5, 5.41) is 9.42.